The minimum absolute atomic E-state index is 0.0733. The molecule has 1 unspecified atom stereocenters. The molecule has 0 aliphatic rings. The van der Waals surface area contributed by atoms with E-state index in [0.29, 0.717) is 24.6 Å². The first kappa shape index (κ1) is 12.6. The topological polar surface area (TPSA) is 68.4 Å². The number of phenols is 1. The van der Waals surface area contributed by atoms with Crippen LogP contribution in [0.25, 0.3) is 0 Å². The van der Waals surface area contributed by atoms with Crippen LogP contribution in [0.3, 0.4) is 0 Å². The van der Waals surface area contributed by atoms with Crippen LogP contribution in [0.15, 0.2) is 28.8 Å². The molecule has 1 heterocycles. The van der Waals surface area contributed by atoms with Crippen molar-refractivity contribution in [3.8, 4) is 5.75 Å². The van der Waals surface area contributed by atoms with Crippen LogP contribution in [0.1, 0.15) is 24.2 Å². The highest BCUT2D eigenvalue weighted by molar-refractivity contribution is 5.27. The quantitative estimate of drug-likeness (QED) is 0.875. The van der Waals surface area contributed by atoms with E-state index >= 15 is 0 Å². The average Bonchev–Trinajstić information content (AvgIpc) is 2.79. The van der Waals surface area contributed by atoms with Crippen LogP contribution in [0, 0.1) is 0 Å². The van der Waals surface area contributed by atoms with E-state index in [4.69, 9.17) is 9.26 Å². The molecule has 0 saturated heterocycles. The Balaban J connectivity index is 2.00. The van der Waals surface area contributed by atoms with E-state index in [1.54, 1.807) is 19.2 Å². The van der Waals surface area contributed by atoms with Crippen LogP contribution in [-0.4, -0.2) is 28.5 Å². The summed E-state index contributed by atoms with van der Waals surface area (Å²) in [6.45, 7) is 1.95. The van der Waals surface area contributed by atoms with Crippen LogP contribution in [0.4, 0.5) is 0 Å². The van der Waals surface area contributed by atoms with Crippen LogP contribution in [0.2, 0.25) is 0 Å². The third-order valence-electron chi connectivity index (χ3n) is 2.67. The van der Waals surface area contributed by atoms with Crippen molar-refractivity contribution in [1.29, 1.82) is 0 Å². The predicted octanol–water partition coefficient (Wildman–Crippen LogP) is 1.94. The summed E-state index contributed by atoms with van der Waals surface area (Å²) in [6, 6.07) is 6.94. The van der Waals surface area contributed by atoms with Crippen LogP contribution in [0.5, 0.6) is 5.75 Å². The molecule has 0 amide bonds. The lowest BCUT2D eigenvalue weighted by Crippen LogP contribution is -2.09. The van der Waals surface area contributed by atoms with Gasteiger partial charge in [0.1, 0.15) is 5.75 Å². The molecule has 1 aromatic carbocycles. The highest BCUT2D eigenvalue weighted by atomic mass is 16.5. The second-order valence-corrected chi connectivity index (χ2v) is 4.20. The largest absolute Gasteiger partial charge is 0.508 e. The van der Waals surface area contributed by atoms with Gasteiger partial charge in [0.15, 0.2) is 5.82 Å². The molecule has 1 N–H and O–H groups in total. The molecule has 96 valence electrons. The highest BCUT2D eigenvalue weighted by Crippen LogP contribution is 2.13. The summed E-state index contributed by atoms with van der Waals surface area (Å²) in [5, 5.41) is 13.1. The first-order valence-electron chi connectivity index (χ1n) is 5.79. The van der Waals surface area contributed by atoms with E-state index in [1.807, 2.05) is 19.1 Å². The molecule has 0 saturated carbocycles. The third kappa shape index (κ3) is 3.30. The molecule has 0 radical (unpaired) electrons. The summed E-state index contributed by atoms with van der Waals surface area (Å²) >= 11 is 0. The minimum Gasteiger partial charge on any atom is -0.508 e. The SMILES string of the molecule is COC(C)Cc1noc(Cc2ccc(O)cc2)n1. The Kier molecular flexibility index (Phi) is 3.94. The zero-order chi connectivity index (χ0) is 13.0. The summed E-state index contributed by atoms with van der Waals surface area (Å²) in [5.74, 6) is 1.47. The van der Waals surface area contributed by atoms with Crippen molar-refractivity contribution in [2.24, 2.45) is 0 Å². The van der Waals surface area contributed by atoms with Crippen molar-refractivity contribution in [3.05, 3.63) is 41.5 Å². The summed E-state index contributed by atoms with van der Waals surface area (Å²) in [5.41, 5.74) is 1.02. The lowest BCUT2D eigenvalue weighted by Gasteiger charge is -2.03. The standard InChI is InChI=1S/C13H16N2O3/c1-9(17-2)7-12-14-13(18-15-12)8-10-3-5-11(16)6-4-10/h3-6,9,16H,7-8H2,1-2H3. The molecule has 0 fully saturated rings. The molecule has 1 atom stereocenters. The fraction of sp³-hybridized carbons (Fsp3) is 0.385. The van der Waals surface area contributed by atoms with Gasteiger partial charge >= 0.3 is 0 Å². The molecule has 5 nitrogen and oxygen atoms in total. The van der Waals surface area contributed by atoms with Gasteiger partial charge in [0, 0.05) is 13.5 Å². The Bertz CT molecular complexity index is 493. The van der Waals surface area contributed by atoms with Crippen molar-refractivity contribution in [2.75, 3.05) is 7.11 Å². The first-order valence-corrected chi connectivity index (χ1v) is 5.79. The van der Waals surface area contributed by atoms with Gasteiger partial charge < -0.3 is 14.4 Å². The van der Waals surface area contributed by atoms with Gasteiger partial charge in [-0.3, -0.25) is 0 Å². The van der Waals surface area contributed by atoms with Gasteiger partial charge in [0.25, 0.3) is 0 Å². The monoisotopic (exact) mass is 248 g/mol. The summed E-state index contributed by atoms with van der Waals surface area (Å²) in [6.07, 6.45) is 1.27. The van der Waals surface area contributed by atoms with E-state index < -0.39 is 0 Å². The number of aromatic nitrogens is 2. The van der Waals surface area contributed by atoms with E-state index in [1.165, 1.54) is 0 Å². The number of hydrogen-bond donors (Lipinski definition) is 1. The Morgan fingerprint density at radius 2 is 2.06 bits per heavy atom. The second kappa shape index (κ2) is 5.64. The molecule has 0 bridgehead atoms. The van der Waals surface area contributed by atoms with E-state index in [-0.39, 0.29) is 11.9 Å². The van der Waals surface area contributed by atoms with Crippen molar-refractivity contribution in [1.82, 2.24) is 10.1 Å². The van der Waals surface area contributed by atoms with Gasteiger partial charge in [-0.1, -0.05) is 17.3 Å². The second-order valence-electron chi connectivity index (χ2n) is 4.20. The van der Waals surface area contributed by atoms with E-state index in [2.05, 4.69) is 10.1 Å². The summed E-state index contributed by atoms with van der Waals surface area (Å²) in [7, 11) is 1.65. The van der Waals surface area contributed by atoms with Crippen LogP contribution < -0.4 is 0 Å². The molecule has 1 aromatic heterocycles. The maximum Gasteiger partial charge on any atom is 0.231 e. The smallest absolute Gasteiger partial charge is 0.231 e. The lowest BCUT2D eigenvalue weighted by molar-refractivity contribution is 0.116. The number of rotatable bonds is 5. The summed E-state index contributed by atoms with van der Waals surface area (Å²) < 4.78 is 10.3. The van der Waals surface area contributed by atoms with Gasteiger partial charge in [0.05, 0.1) is 12.5 Å². The first-order chi connectivity index (χ1) is 8.67. The van der Waals surface area contributed by atoms with Crippen molar-refractivity contribution in [2.45, 2.75) is 25.9 Å². The van der Waals surface area contributed by atoms with Crippen molar-refractivity contribution >= 4 is 0 Å². The fourth-order valence-corrected chi connectivity index (χ4v) is 1.57. The number of hydrogen-bond acceptors (Lipinski definition) is 5. The number of nitrogens with zero attached hydrogens (tertiary/aromatic N) is 2. The number of aromatic hydroxyl groups is 1. The Morgan fingerprint density at radius 3 is 2.72 bits per heavy atom. The molecule has 0 spiro atoms. The lowest BCUT2D eigenvalue weighted by atomic mass is 10.1. The molecule has 2 rings (SSSR count). The molecule has 0 aliphatic carbocycles. The maximum absolute atomic E-state index is 9.19. The highest BCUT2D eigenvalue weighted by Gasteiger charge is 2.10. The third-order valence-corrected chi connectivity index (χ3v) is 2.67. The van der Waals surface area contributed by atoms with Gasteiger partial charge in [0.2, 0.25) is 5.89 Å². The predicted molar refractivity (Wildman–Crippen MR) is 65.4 cm³/mol. The number of phenolic OH excluding ortho intramolecular Hbond substituents is 1. The van der Waals surface area contributed by atoms with Crippen molar-refractivity contribution < 1.29 is 14.4 Å². The molecule has 5 heteroatoms. The number of ether oxygens (including phenoxy) is 1. The van der Waals surface area contributed by atoms with E-state index in [9.17, 15) is 5.11 Å². The van der Waals surface area contributed by atoms with Crippen LogP contribution >= 0.6 is 0 Å². The van der Waals surface area contributed by atoms with E-state index in [0.717, 1.165) is 5.56 Å². The maximum atomic E-state index is 9.19. The fourth-order valence-electron chi connectivity index (χ4n) is 1.57. The molecular weight excluding hydrogens is 232 g/mol. The Morgan fingerprint density at radius 1 is 1.33 bits per heavy atom. The Labute approximate surface area is 105 Å². The zero-order valence-electron chi connectivity index (χ0n) is 10.5. The average molecular weight is 248 g/mol. The molecule has 0 aliphatic heterocycles. The molecular formula is C13H16N2O3. The normalized spacial score (nSPS) is 12.6. The summed E-state index contributed by atoms with van der Waals surface area (Å²) in [4.78, 5) is 4.30. The Hall–Kier alpha value is -1.88. The van der Waals surface area contributed by atoms with Crippen molar-refractivity contribution in [3.63, 3.8) is 0 Å². The number of methoxy groups -OCH3 is 1. The van der Waals surface area contributed by atoms with Gasteiger partial charge in [-0.15, -0.1) is 0 Å². The molecule has 18 heavy (non-hydrogen) atoms. The van der Waals surface area contributed by atoms with Gasteiger partial charge in [-0.25, -0.2) is 0 Å². The van der Waals surface area contributed by atoms with Gasteiger partial charge in [-0.2, -0.15) is 4.98 Å². The van der Waals surface area contributed by atoms with Crippen LogP contribution in [-0.2, 0) is 17.6 Å². The van der Waals surface area contributed by atoms with Gasteiger partial charge in [-0.05, 0) is 24.6 Å². The minimum atomic E-state index is 0.0733. The zero-order valence-corrected chi connectivity index (χ0v) is 10.5. The molecule has 2 aromatic rings. The number of benzene rings is 1.